The number of fused-ring (bicyclic) bond motifs is 1. The Morgan fingerprint density at radius 1 is 1.33 bits per heavy atom. The monoisotopic (exact) mass is 406 g/mol. The molecule has 5 nitrogen and oxygen atoms in total. The number of nitrogens with one attached hydrogen (secondary N) is 1. The molecule has 1 unspecified atom stereocenters. The van der Waals surface area contributed by atoms with Gasteiger partial charge in [0.15, 0.2) is 0 Å². The first kappa shape index (κ1) is 19.6. The lowest BCUT2D eigenvalue weighted by Gasteiger charge is -2.17. The number of anilines is 1. The summed E-state index contributed by atoms with van der Waals surface area (Å²) in [7, 11) is 0. The van der Waals surface area contributed by atoms with Gasteiger partial charge in [-0.05, 0) is 48.0 Å². The van der Waals surface area contributed by atoms with Gasteiger partial charge in [0, 0.05) is 6.20 Å². The fourth-order valence-electron chi connectivity index (χ4n) is 2.62. The van der Waals surface area contributed by atoms with E-state index in [2.05, 4.69) is 40.4 Å². The molecule has 0 aliphatic carbocycles. The third kappa shape index (κ3) is 4.59. The van der Waals surface area contributed by atoms with Gasteiger partial charge in [0.25, 0.3) is 5.91 Å². The number of aryl methyl sites for hydroxylation is 1. The molecule has 0 saturated heterocycles. The topological polar surface area (TPSA) is 67.8 Å². The number of amides is 1. The largest absolute Gasteiger partial charge is 0.312 e. The third-order valence-corrected chi connectivity index (χ3v) is 5.31. The van der Waals surface area contributed by atoms with Crippen LogP contribution >= 0.6 is 23.1 Å². The van der Waals surface area contributed by atoms with Crippen LogP contribution in [0.1, 0.15) is 43.9 Å². The second-order valence-corrected chi connectivity index (χ2v) is 8.76. The van der Waals surface area contributed by atoms with Gasteiger partial charge in [-0.15, -0.1) is 0 Å². The summed E-state index contributed by atoms with van der Waals surface area (Å²) in [5, 5.41) is 3.16. The van der Waals surface area contributed by atoms with E-state index in [0.29, 0.717) is 26.8 Å². The molecule has 0 radical (unpaired) electrons. The molecule has 0 aliphatic rings. The van der Waals surface area contributed by atoms with E-state index in [1.807, 2.05) is 0 Å². The van der Waals surface area contributed by atoms with Gasteiger partial charge < -0.3 is 5.32 Å². The minimum atomic E-state index is -1.84. The Kier molecular flexibility index (Phi) is 5.44. The second kappa shape index (κ2) is 7.48. The molecule has 1 N–H and O–H groups in total. The van der Waals surface area contributed by atoms with Gasteiger partial charge in [-0.1, -0.05) is 38.4 Å². The Morgan fingerprint density at radius 3 is 2.70 bits per heavy atom. The molecule has 0 spiro atoms. The Morgan fingerprint density at radius 2 is 2.07 bits per heavy atom. The van der Waals surface area contributed by atoms with Crippen molar-refractivity contribution in [1.29, 1.82) is 0 Å². The summed E-state index contributed by atoms with van der Waals surface area (Å²) in [6, 6.07) is 4.79. The van der Waals surface area contributed by atoms with Crippen LogP contribution in [0.5, 0.6) is 0 Å². The first-order chi connectivity index (χ1) is 12.6. The van der Waals surface area contributed by atoms with E-state index in [9.17, 15) is 9.18 Å². The number of alkyl halides is 1. The molecular weight excluding hydrogens is 387 g/mol. The zero-order valence-electron chi connectivity index (χ0n) is 15.5. The number of hydrogen-bond acceptors (Lipinski definition) is 5. The molecule has 8 heteroatoms. The predicted octanol–water partition coefficient (Wildman–Crippen LogP) is 5.29. The molecule has 0 fully saturated rings. The van der Waals surface area contributed by atoms with Gasteiger partial charge in [-0.2, -0.15) is 4.37 Å². The summed E-state index contributed by atoms with van der Waals surface area (Å²) in [6.45, 7) is 8.11. The van der Waals surface area contributed by atoms with Gasteiger partial charge in [0.1, 0.15) is 5.00 Å². The lowest BCUT2D eigenvalue weighted by Crippen LogP contribution is -2.17. The number of halogens is 2. The van der Waals surface area contributed by atoms with E-state index in [1.165, 1.54) is 0 Å². The summed E-state index contributed by atoms with van der Waals surface area (Å²) < 4.78 is 18.7. The standard InChI is InChI=1S/C19H20ClFN4OS/c1-10-15(20)18(27-25-10)24-17(26)16(21)11-5-6-13-14(7-11)22-9-12(23-13)8-19(2,3)4/h5-7,9,16H,8H2,1-4H3,(H,24,26). The van der Waals surface area contributed by atoms with Crippen molar-refractivity contribution in [3.05, 3.63) is 46.4 Å². The Labute approximate surface area is 166 Å². The predicted molar refractivity (Wildman–Crippen MR) is 107 cm³/mol. The summed E-state index contributed by atoms with van der Waals surface area (Å²) in [5.41, 5.74) is 3.02. The molecule has 0 aliphatic heterocycles. The van der Waals surface area contributed by atoms with Crippen molar-refractivity contribution in [2.45, 2.75) is 40.3 Å². The zero-order chi connectivity index (χ0) is 19.8. The first-order valence-electron chi connectivity index (χ1n) is 8.46. The van der Waals surface area contributed by atoms with Crippen molar-refractivity contribution >= 4 is 45.1 Å². The van der Waals surface area contributed by atoms with Gasteiger partial charge in [0.05, 0.1) is 27.4 Å². The van der Waals surface area contributed by atoms with E-state index >= 15 is 0 Å². The Balaban J connectivity index is 1.80. The number of aromatic nitrogens is 3. The number of nitrogens with zero attached hydrogens (tertiary/aromatic N) is 3. The van der Waals surface area contributed by atoms with E-state index in [1.54, 1.807) is 31.3 Å². The van der Waals surface area contributed by atoms with Crippen molar-refractivity contribution in [2.75, 3.05) is 5.32 Å². The molecule has 2 heterocycles. The minimum Gasteiger partial charge on any atom is -0.312 e. The molecule has 3 aromatic rings. The molecule has 1 atom stereocenters. The van der Waals surface area contributed by atoms with Crippen molar-refractivity contribution in [2.24, 2.45) is 5.41 Å². The van der Waals surface area contributed by atoms with E-state index in [-0.39, 0.29) is 11.0 Å². The highest BCUT2D eigenvalue weighted by atomic mass is 35.5. The van der Waals surface area contributed by atoms with Gasteiger partial charge in [-0.25, -0.2) is 9.37 Å². The maximum atomic E-state index is 14.7. The number of carbonyl (C=O) groups is 1. The fraction of sp³-hybridized carbons (Fsp3) is 0.368. The minimum absolute atomic E-state index is 0.0979. The molecule has 1 aromatic carbocycles. The maximum absolute atomic E-state index is 14.7. The zero-order valence-corrected chi connectivity index (χ0v) is 17.1. The highest BCUT2D eigenvalue weighted by molar-refractivity contribution is 7.11. The lowest BCUT2D eigenvalue weighted by molar-refractivity contribution is -0.120. The van der Waals surface area contributed by atoms with Crippen LogP contribution in [-0.2, 0) is 11.2 Å². The normalized spacial score (nSPS) is 13.0. The lowest BCUT2D eigenvalue weighted by atomic mass is 9.91. The molecule has 0 bridgehead atoms. The van der Waals surface area contributed by atoms with Crippen molar-refractivity contribution in [3.63, 3.8) is 0 Å². The molecular formula is C19H20ClFN4OS. The summed E-state index contributed by atoms with van der Waals surface area (Å²) in [6.07, 6.45) is 0.648. The SMILES string of the molecule is Cc1nsc(NC(=O)C(F)c2ccc3nc(CC(C)(C)C)cnc3c2)c1Cl. The van der Waals surface area contributed by atoms with Crippen LogP contribution in [0.15, 0.2) is 24.4 Å². The first-order valence-corrected chi connectivity index (χ1v) is 9.61. The van der Waals surface area contributed by atoms with Crippen LogP contribution in [0.2, 0.25) is 5.02 Å². The van der Waals surface area contributed by atoms with Gasteiger partial charge in [0.2, 0.25) is 6.17 Å². The number of hydrogen-bond donors (Lipinski definition) is 1. The van der Waals surface area contributed by atoms with Crippen LogP contribution in [-0.4, -0.2) is 20.2 Å². The molecule has 3 rings (SSSR count). The van der Waals surface area contributed by atoms with Crippen molar-refractivity contribution in [3.8, 4) is 0 Å². The van der Waals surface area contributed by atoms with Crippen LogP contribution < -0.4 is 5.32 Å². The van der Waals surface area contributed by atoms with Crippen LogP contribution in [0.4, 0.5) is 9.39 Å². The highest BCUT2D eigenvalue weighted by Gasteiger charge is 2.23. The molecule has 142 valence electrons. The van der Waals surface area contributed by atoms with Crippen LogP contribution in [0, 0.1) is 12.3 Å². The van der Waals surface area contributed by atoms with Gasteiger partial charge >= 0.3 is 0 Å². The molecule has 27 heavy (non-hydrogen) atoms. The molecule has 0 saturated carbocycles. The van der Waals surface area contributed by atoms with Crippen LogP contribution in [0.25, 0.3) is 11.0 Å². The summed E-state index contributed by atoms with van der Waals surface area (Å²) in [4.78, 5) is 21.2. The molecule has 2 aromatic heterocycles. The quantitative estimate of drug-likeness (QED) is 0.639. The highest BCUT2D eigenvalue weighted by Crippen LogP contribution is 2.31. The molecule has 1 amide bonds. The van der Waals surface area contributed by atoms with Crippen molar-refractivity contribution in [1.82, 2.24) is 14.3 Å². The van der Waals surface area contributed by atoms with Crippen LogP contribution in [0.3, 0.4) is 0 Å². The number of carbonyl (C=O) groups excluding carboxylic acids is 1. The Bertz CT molecular complexity index is 999. The number of benzene rings is 1. The Hall–Kier alpha value is -2.12. The number of rotatable bonds is 4. The average Bonchev–Trinajstić information content (AvgIpc) is 2.91. The second-order valence-electron chi connectivity index (χ2n) is 7.61. The fourth-order valence-corrected chi connectivity index (χ4v) is 3.55. The average molecular weight is 407 g/mol. The van der Waals surface area contributed by atoms with E-state index < -0.39 is 12.1 Å². The summed E-state index contributed by atoms with van der Waals surface area (Å²) in [5.74, 6) is -0.794. The summed E-state index contributed by atoms with van der Waals surface area (Å²) >= 11 is 7.06. The van der Waals surface area contributed by atoms with Gasteiger partial charge in [-0.3, -0.25) is 9.78 Å². The maximum Gasteiger partial charge on any atom is 0.264 e. The van der Waals surface area contributed by atoms with Crippen molar-refractivity contribution < 1.29 is 9.18 Å². The van der Waals surface area contributed by atoms with E-state index in [4.69, 9.17) is 11.6 Å². The van der Waals surface area contributed by atoms with E-state index in [0.717, 1.165) is 23.6 Å². The third-order valence-electron chi connectivity index (χ3n) is 3.88. The smallest absolute Gasteiger partial charge is 0.264 e.